The van der Waals surface area contributed by atoms with Gasteiger partial charge in [-0.3, -0.25) is 0 Å². The third-order valence-electron chi connectivity index (χ3n) is 4.58. The average molecular weight is 311 g/mol. The molecule has 0 bridgehead atoms. The van der Waals surface area contributed by atoms with Crippen molar-refractivity contribution in [2.75, 3.05) is 25.7 Å². The highest BCUT2D eigenvalue weighted by atomic mass is 32.2. The second-order valence-electron chi connectivity index (χ2n) is 5.89. The largest absolute Gasteiger partial charge is 0.497 e. The molecule has 21 heavy (non-hydrogen) atoms. The van der Waals surface area contributed by atoms with Crippen LogP contribution in [-0.4, -0.2) is 39.7 Å². The van der Waals surface area contributed by atoms with Crippen molar-refractivity contribution in [3.63, 3.8) is 0 Å². The zero-order valence-corrected chi connectivity index (χ0v) is 13.2. The molecule has 116 valence electrons. The summed E-state index contributed by atoms with van der Waals surface area (Å²) in [7, 11) is 0.678. The maximum absolute atomic E-state index is 11.7. The Morgan fingerprint density at radius 1 is 1.33 bits per heavy atom. The molecular formula is C15H21NO4S. The Morgan fingerprint density at radius 2 is 2.05 bits per heavy atom. The molecule has 1 fully saturated rings. The summed E-state index contributed by atoms with van der Waals surface area (Å²) in [4.78, 5) is 0. The molecule has 1 atom stereocenters. The minimum Gasteiger partial charge on any atom is -0.497 e. The molecule has 2 aliphatic rings. The molecular weight excluding hydrogens is 290 g/mol. The molecule has 0 radical (unpaired) electrons. The Bertz CT molecular complexity index is 627. The number of nitrogens with one attached hydrogen (secondary N) is 1. The summed E-state index contributed by atoms with van der Waals surface area (Å²) in [6.45, 7) is 0. The van der Waals surface area contributed by atoms with Gasteiger partial charge in [0, 0.05) is 30.9 Å². The van der Waals surface area contributed by atoms with Gasteiger partial charge < -0.3 is 14.8 Å². The lowest BCUT2D eigenvalue weighted by atomic mass is 9.83. The van der Waals surface area contributed by atoms with E-state index < -0.39 is 9.84 Å². The zero-order chi connectivity index (χ0) is 15.1. The van der Waals surface area contributed by atoms with Crippen LogP contribution in [0.3, 0.4) is 0 Å². The molecule has 2 heterocycles. The van der Waals surface area contributed by atoms with E-state index >= 15 is 0 Å². The van der Waals surface area contributed by atoms with Crippen molar-refractivity contribution in [3.8, 4) is 11.5 Å². The Balaban J connectivity index is 1.92. The maximum atomic E-state index is 11.7. The summed E-state index contributed by atoms with van der Waals surface area (Å²) in [5.41, 5.74) is 0.719. The van der Waals surface area contributed by atoms with Crippen LogP contribution in [0, 0.1) is 0 Å². The van der Waals surface area contributed by atoms with Gasteiger partial charge in [0.2, 0.25) is 0 Å². The number of methoxy groups -OCH3 is 1. The quantitative estimate of drug-likeness (QED) is 0.900. The van der Waals surface area contributed by atoms with Gasteiger partial charge in [0.05, 0.1) is 18.6 Å². The van der Waals surface area contributed by atoms with Gasteiger partial charge in [-0.2, -0.15) is 0 Å². The summed E-state index contributed by atoms with van der Waals surface area (Å²) in [6, 6.07) is 5.94. The molecule has 1 aromatic carbocycles. The summed E-state index contributed by atoms with van der Waals surface area (Å²) in [5.74, 6) is 2.07. The predicted molar refractivity (Wildman–Crippen MR) is 80.7 cm³/mol. The average Bonchev–Trinajstić information content (AvgIpc) is 2.49. The van der Waals surface area contributed by atoms with E-state index in [2.05, 4.69) is 5.32 Å². The second-order valence-corrected chi connectivity index (χ2v) is 8.19. The molecule has 1 saturated heterocycles. The van der Waals surface area contributed by atoms with Crippen molar-refractivity contribution in [2.24, 2.45) is 0 Å². The van der Waals surface area contributed by atoms with Crippen molar-refractivity contribution in [2.45, 2.75) is 30.9 Å². The third kappa shape index (κ3) is 2.74. The monoisotopic (exact) mass is 311 g/mol. The third-order valence-corrected chi connectivity index (χ3v) is 6.23. The van der Waals surface area contributed by atoms with E-state index in [-0.39, 0.29) is 23.1 Å². The fourth-order valence-corrected chi connectivity index (χ4v) is 4.82. The number of sulfone groups is 1. The summed E-state index contributed by atoms with van der Waals surface area (Å²) in [5, 5.41) is 3.32. The van der Waals surface area contributed by atoms with Crippen LogP contribution >= 0.6 is 0 Å². The van der Waals surface area contributed by atoms with Crippen LogP contribution in [0.15, 0.2) is 18.2 Å². The highest BCUT2D eigenvalue weighted by Gasteiger charge is 2.44. The lowest BCUT2D eigenvalue weighted by molar-refractivity contribution is 0.0220. The lowest BCUT2D eigenvalue weighted by Gasteiger charge is -2.44. The molecule has 5 nitrogen and oxygen atoms in total. The molecule has 0 aliphatic carbocycles. The van der Waals surface area contributed by atoms with Crippen LogP contribution in [-0.2, 0) is 9.84 Å². The molecule has 1 spiro atoms. The van der Waals surface area contributed by atoms with Gasteiger partial charge in [-0.05, 0) is 25.2 Å². The van der Waals surface area contributed by atoms with Crippen molar-refractivity contribution in [3.05, 3.63) is 23.8 Å². The minimum atomic E-state index is -2.89. The highest BCUT2D eigenvalue weighted by Crippen LogP contribution is 2.45. The molecule has 6 heteroatoms. The fraction of sp³-hybridized carbons (Fsp3) is 0.600. The Labute approximate surface area is 125 Å². The number of ether oxygens (including phenoxy) is 2. The van der Waals surface area contributed by atoms with Crippen LogP contribution in [0.2, 0.25) is 0 Å². The zero-order valence-electron chi connectivity index (χ0n) is 12.4. The standard InChI is InChI=1S/C15H21NO4S/c1-16-13-10-15(5-7-21(17,18)8-6-15)20-14-4-3-11(19-2)9-12(13)14/h3-4,9,13,16H,5-8,10H2,1-2H3. The van der Waals surface area contributed by atoms with Crippen molar-refractivity contribution in [1.82, 2.24) is 5.32 Å². The van der Waals surface area contributed by atoms with E-state index in [0.717, 1.165) is 23.5 Å². The van der Waals surface area contributed by atoms with E-state index in [4.69, 9.17) is 9.47 Å². The van der Waals surface area contributed by atoms with E-state index in [9.17, 15) is 8.42 Å². The first-order valence-corrected chi connectivity index (χ1v) is 9.04. The number of hydrogen-bond donors (Lipinski definition) is 1. The van der Waals surface area contributed by atoms with Gasteiger partial charge >= 0.3 is 0 Å². The predicted octanol–water partition coefficient (Wildman–Crippen LogP) is 1.69. The van der Waals surface area contributed by atoms with Crippen molar-refractivity contribution in [1.29, 1.82) is 0 Å². The minimum absolute atomic E-state index is 0.157. The highest BCUT2D eigenvalue weighted by molar-refractivity contribution is 7.91. The first-order chi connectivity index (χ1) is 9.97. The first kappa shape index (κ1) is 14.7. The Morgan fingerprint density at radius 3 is 2.67 bits per heavy atom. The van der Waals surface area contributed by atoms with Gasteiger partial charge in [-0.25, -0.2) is 8.42 Å². The van der Waals surface area contributed by atoms with E-state index in [1.54, 1.807) is 7.11 Å². The number of hydrogen-bond acceptors (Lipinski definition) is 5. The molecule has 1 unspecified atom stereocenters. The smallest absolute Gasteiger partial charge is 0.150 e. The Kier molecular flexibility index (Phi) is 3.61. The van der Waals surface area contributed by atoms with Gasteiger partial charge in [-0.1, -0.05) is 0 Å². The number of fused-ring (bicyclic) bond motifs is 1. The molecule has 1 aromatic rings. The molecule has 3 rings (SSSR count). The first-order valence-electron chi connectivity index (χ1n) is 7.22. The van der Waals surface area contributed by atoms with Crippen LogP contribution < -0.4 is 14.8 Å². The molecule has 0 aromatic heterocycles. The molecule has 1 N–H and O–H groups in total. The van der Waals surface area contributed by atoms with Crippen LogP contribution in [0.5, 0.6) is 11.5 Å². The maximum Gasteiger partial charge on any atom is 0.150 e. The van der Waals surface area contributed by atoms with Crippen molar-refractivity contribution >= 4 is 9.84 Å². The molecule has 0 saturated carbocycles. The van der Waals surface area contributed by atoms with Gasteiger partial charge in [0.1, 0.15) is 17.1 Å². The van der Waals surface area contributed by atoms with Gasteiger partial charge in [0.25, 0.3) is 0 Å². The fourth-order valence-electron chi connectivity index (χ4n) is 3.25. The van der Waals surface area contributed by atoms with Crippen LogP contribution in [0.4, 0.5) is 0 Å². The van der Waals surface area contributed by atoms with E-state index in [0.29, 0.717) is 12.8 Å². The van der Waals surface area contributed by atoms with E-state index in [1.165, 1.54) is 0 Å². The molecule has 2 aliphatic heterocycles. The normalized spacial score (nSPS) is 25.9. The van der Waals surface area contributed by atoms with E-state index in [1.807, 2.05) is 25.2 Å². The van der Waals surface area contributed by atoms with Crippen LogP contribution in [0.1, 0.15) is 30.9 Å². The topological polar surface area (TPSA) is 64.6 Å². The van der Waals surface area contributed by atoms with Gasteiger partial charge in [-0.15, -0.1) is 0 Å². The number of benzene rings is 1. The van der Waals surface area contributed by atoms with Gasteiger partial charge in [0.15, 0.2) is 9.84 Å². The van der Waals surface area contributed by atoms with Crippen LogP contribution in [0.25, 0.3) is 0 Å². The SMILES string of the molecule is CNC1CC2(CCS(=O)(=O)CC2)Oc2ccc(OC)cc21. The molecule has 0 amide bonds. The number of rotatable bonds is 2. The summed E-state index contributed by atoms with van der Waals surface area (Å²) in [6.07, 6.45) is 1.93. The Hall–Kier alpha value is -1.27. The summed E-state index contributed by atoms with van der Waals surface area (Å²) < 4.78 is 34.8. The second kappa shape index (κ2) is 5.18. The van der Waals surface area contributed by atoms with Crippen molar-refractivity contribution < 1.29 is 17.9 Å². The summed E-state index contributed by atoms with van der Waals surface area (Å²) >= 11 is 0. The lowest BCUT2D eigenvalue weighted by Crippen LogP contribution is -2.48.